The third kappa shape index (κ3) is 6.31. The average Bonchev–Trinajstić information content (AvgIpc) is 2.26. The van der Waals surface area contributed by atoms with Crippen molar-refractivity contribution in [1.29, 1.82) is 0 Å². The Balaban J connectivity index is 4.10. The second kappa shape index (κ2) is 7.39. The lowest BCUT2D eigenvalue weighted by Gasteiger charge is -2.13. The lowest BCUT2D eigenvalue weighted by Crippen LogP contribution is -2.40. The van der Waals surface area contributed by atoms with Gasteiger partial charge in [0.2, 0.25) is 5.91 Å². The summed E-state index contributed by atoms with van der Waals surface area (Å²) in [6.07, 6.45) is 1.54. The van der Waals surface area contributed by atoms with Gasteiger partial charge in [0.1, 0.15) is 12.1 Å². The van der Waals surface area contributed by atoms with Gasteiger partial charge in [0, 0.05) is 0 Å². The highest BCUT2D eigenvalue weighted by molar-refractivity contribution is 5.90. The van der Waals surface area contributed by atoms with Crippen LogP contribution in [-0.4, -0.2) is 40.1 Å². The average molecular weight is 244 g/mol. The number of hydrogen-bond donors (Lipinski definition) is 4. The summed E-state index contributed by atoms with van der Waals surface area (Å²) in [5.41, 5.74) is 5.26. The molecule has 0 bridgehead atoms. The number of carbonyl (C=O) groups is 3. The molecule has 0 rings (SSSR count). The Morgan fingerprint density at radius 3 is 2.24 bits per heavy atom. The number of nitrogens with one attached hydrogen (secondary N) is 1. The van der Waals surface area contributed by atoms with E-state index in [1.165, 1.54) is 0 Å². The summed E-state index contributed by atoms with van der Waals surface area (Å²) in [4.78, 5) is 32.1. The van der Waals surface area contributed by atoms with Gasteiger partial charge < -0.3 is 21.3 Å². The molecule has 96 valence electrons. The van der Waals surface area contributed by atoms with Crippen molar-refractivity contribution in [1.82, 2.24) is 5.32 Å². The fourth-order valence-corrected chi connectivity index (χ4v) is 1.15. The number of carbonyl (C=O) groups excluding carboxylic acids is 1. The molecular weight excluding hydrogens is 228 g/mol. The van der Waals surface area contributed by atoms with Crippen molar-refractivity contribution in [2.75, 3.05) is 0 Å². The molecule has 0 saturated heterocycles. The van der Waals surface area contributed by atoms with Crippen molar-refractivity contribution >= 4 is 17.8 Å². The van der Waals surface area contributed by atoms with Crippen LogP contribution >= 0.6 is 0 Å². The number of amides is 1. The predicted octanol–water partition coefficient (Wildman–Crippen LogP) is -0.676. The maximum absolute atomic E-state index is 10.9. The molecule has 0 aromatic carbocycles. The molecular formula is C10H16N2O5. The Bertz CT molecular complexity index is 316. The molecule has 0 fully saturated rings. The first-order chi connectivity index (χ1) is 7.88. The van der Waals surface area contributed by atoms with Crippen LogP contribution in [0.25, 0.3) is 0 Å². The van der Waals surface area contributed by atoms with Gasteiger partial charge in [0.05, 0.1) is 0 Å². The Kier molecular flexibility index (Phi) is 6.57. The van der Waals surface area contributed by atoms with E-state index < -0.39 is 29.9 Å². The smallest absolute Gasteiger partial charge is 0.326 e. The molecule has 0 aliphatic rings. The molecule has 17 heavy (non-hydrogen) atoms. The second-order valence-corrected chi connectivity index (χ2v) is 3.48. The molecule has 0 aromatic heterocycles. The molecule has 5 N–H and O–H groups in total. The summed E-state index contributed by atoms with van der Waals surface area (Å²) >= 11 is 0. The fraction of sp³-hybridized carbons (Fsp3) is 0.500. The number of carboxylic acids is 2. The van der Waals surface area contributed by atoms with Crippen LogP contribution in [-0.2, 0) is 14.4 Å². The van der Waals surface area contributed by atoms with Crippen LogP contribution in [0.4, 0.5) is 0 Å². The standard InChI is InChI=1S/C10H16N2O5/c1-2-8(13)12-7(10(16)17)5-3-4-6(11)9(14)15/h2,6-7H,1,3-5,11H2,(H,12,13)(H,14,15)(H,16,17). The molecule has 0 radical (unpaired) electrons. The van der Waals surface area contributed by atoms with Crippen molar-refractivity contribution in [3.63, 3.8) is 0 Å². The lowest BCUT2D eigenvalue weighted by atomic mass is 10.1. The molecule has 0 aromatic rings. The SMILES string of the molecule is C=CC(=O)NC(CCCC(N)C(=O)O)C(=O)O. The first-order valence-corrected chi connectivity index (χ1v) is 5.02. The lowest BCUT2D eigenvalue weighted by molar-refractivity contribution is -0.141. The van der Waals surface area contributed by atoms with E-state index in [-0.39, 0.29) is 12.8 Å². The van der Waals surface area contributed by atoms with Crippen LogP contribution in [0.2, 0.25) is 0 Å². The van der Waals surface area contributed by atoms with Gasteiger partial charge in [-0.25, -0.2) is 4.79 Å². The van der Waals surface area contributed by atoms with E-state index in [4.69, 9.17) is 15.9 Å². The van der Waals surface area contributed by atoms with Gasteiger partial charge in [-0.15, -0.1) is 0 Å². The third-order valence-corrected chi connectivity index (χ3v) is 2.13. The molecule has 0 saturated carbocycles. The zero-order chi connectivity index (χ0) is 13.4. The minimum atomic E-state index is -1.18. The normalized spacial score (nSPS) is 13.5. The van der Waals surface area contributed by atoms with Gasteiger partial charge in [-0.2, -0.15) is 0 Å². The maximum atomic E-state index is 10.9. The highest BCUT2D eigenvalue weighted by Gasteiger charge is 2.19. The molecule has 1 amide bonds. The third-order valence-electron chi connectivity index (χ3n) is 2.13. The van der Waals surface area contributed by atoms with Gasteiger partial charge in [-0.1, -0.05) is 6.58 Å². The van der Waals surface area contributed by atoms with E-state index in [1.807, 2.05) is 0 Å². The van der Waals surface area contributed by atoms with E-state index in [9.17, 15) is 14.4 Å². The van der Waals surface area contributed by atoms with Crippen LogP contribution in [0.1, 0.15) is 19.3 Å². The molecule has 7 nitrogen and oxygen atoms in total. The van der Waals surface area contributed by atoms with Crippen molar-refractivity contribution in [2.24, 2.45) is 5.73 Å². The topological polar surface area (TPSA) is 130 Å². The molecule has 0 spiro atoms. The van der Waals surface area contributed by atoms with Gasteiger partial charge in [0.25, 0.3) is 0 Å². The van der Waals surface area contributed by atoms with E-state index in [0.717, 1.165) is 6.08 Å². The van der Waals surface area contributed by atoms with Crippen LogP contribution in [0.3, 0.4) is 0 Å². The van der Waals surface area contributed by atoms with Crippen LogP contribution in [0.15, 0.2) is 12.7 Å². The molecule has 0 aliphatic carbocycles. The molecule has 0 aliphatic heterocycles. The van der Waals surface area contributed by atoms with Crippen LogP contribution < -0.4 is 11.1 Å². The maximum Gasteiger partial charge on any atom is 0.326 e. The highest BCUT2D eigenvalue weighted by Crippen LogP contribution is 2.04. The van der Waals surface area contributed by atoms with Crippen molar-refractivity contribution < 1.29 is 24.6 Å². The number of rotatable bonds is 8. The Labute approximate surface area is 98.3 Å². The van der Waals surface area contributed by atoms with Gasteiger partial charge in [-0.05, 0) is 25.3 Å². The minimum Gasteiger partial charge on any atom is -0.480 e. The first-order valence-electron chi connectivity index (χ1n) is 5.02. The summed E-state index contributed by atoms with van der Waals surface area (Å²) in [6.45, 7) is 3.20. The van der Waals surface area contributed by atoms with E-state index in [0.29, 0.717) is 6.42 Å². The van der Waals surface area contributed by atoms with Crippen LogP contribution in [0, 0.1) is 0 Å². The van der Waals surface area contributed by atoms with Gasteiger partial charge >= 0.3 is 11.9 Å². The van der Waals surface area contributed by atoms with Gasteiger partial charge in [-0.3, -0.25) is 9.59 Å². The van der Waals surface area contributed by atoms with Crippen LogP contribution in [0.5, 0.6) is 0 Å². The van der Waals surface area contributed by atoms with Gasteiger partial charge in [0.15, 0.2) is 0 Å². The first kappa shape index (κ1) is 15.1. The summed E-state index contributed by atoms with van der Waals surface area (Å²) in [6, 6.07) is -2.07. The quantitative estimate of drug-likeness (QED) is 0.419. The van der Waals surface area contributed by atoms with E-state index in [1.54, 1.807) is 0 Å². The Hall–Kier alpha value is -1.89. The summed E-state index contributed by atoms with van der Waals surface area (Å²) < 4.78 is 0. The van der Waals surface area contributed by atoms with E-state index >= 15 is 0 Å². The zero-order valence-electron chi connectivity index (χ0n) is 9.26. The monoisotopic (exact) mass is 244 g/mol. The molecule has 2 unspecified atom stereocenters. The fourth-order valence-electron chi connectivity index (χ4n) is 1.15. The second-order valence-electron chi connectivity index (χ2n) is 3.48. The predicted molar refractivity (Wildman–Crippen MR) is 59.2 cm³/mol. The summed E-state index contributed by atoms with van der Waals surface area (Å²) in [7, 11) is 0. The molecule has 0 heterocycles. The number of carboxylic acid groups (broad SMARTS) is 2. The zero-order valence-corrected chi connectivity index (χ0v) is 9.26. The van der Waals surface area contributed by atoms with Crippen molar-refractivity contribution in [2.45, 2.75) is 31.3 Å². The highest BCUT2D eigenvalue weighted by atomic mass is 16.4. The van der Waals surface area contributed by atoms with E-state index in [2.05, 4.69) is 11.9 Å². The Morgan fingerprint density at radius 1 is 1.24 bits per heavy atom. The molecule has 7 heteroatoms. The number of aliphatic carboxylic acids is 2. The Morgan fingerprint density at radius 2 is 1.82 bits per heavy atom. The summed E-state index contributed by atoms with van der Waals surface area (Å²) in [5, 5.41) is 19.5. The largest absolute Gasteiger partial charge is 0.480 e. The summed E-state index contributed by atoms with van der Waals surface area (Å²) in [5.74, 6) is -2.89. The molecule has 2 atom stereocenters. The minimum absolute atomic E-state index is 0.121. The number of nitrogens with two attached hydrogens (primary N) is 1. The van der Waals surface area contributed by atoms with Crippen molar-refractivity contribution in [3.8, 4) is 0 Å². The van der Waals surface area contributed by atoms with Crippen molar-refractivity contribution in [3.05, 3.63) is 12.7 Å². The number of hydrogen-bond acceptors (Lipinski definition) is 4.